The zero-order valence-corrected chi connectivity index (χ0v) is 12.8. The summed E-state index contributed by atoms with van der Waals surface area (Å²) in [4.78, 5) is 0. The smallest absolute Gasteiger partial charge is 0.124 e. The third-order valence-electron chi connectivity index (χ3n) is 3.28. The molecule has 1 N–H and O–H groups in total. The van der Waals surface area contributed by atoms with Gasteiger partial charge in [-0.25, -0.2) is 0 Å². The standard InChI is InChI=1S/C15H10IN3O/c1-19-15(13(16)8-18-19)11-6-14(20)10-5-3-2-4-9(10)12(11)7-17/h2-6,8,20H,1H3. The first kappa shape index (κ1) is 12.9. The molecule has 4 nitrogen and oxygen atoms in total. The Morgan fingerprint density at radius 2 is 2.00 bits per heavy atom. The first-order valence-corrected chi connectivity index (χ1v) is 7.04. The second-order valence-corrected chi connectivity index (χ2v) is 5.60. The Bertz CT molecular complexity index is 842. The lowest BCUT2D eigenvalue weighted by Crippen LogP contribution is -1.97. The van der Waals surface area contributed by atoms with Crippen LogP contribution in [0.3, 0.4) is 0 Å². The zero-order valence-electron chi connectivity index (χ0n) is 10.6. The molecular formula is C15H10IN3O. The fraction of sp³-hybridized carbons (Fsp3) is 0.0667. The van der Waals surface area contributed by atoms with Gasteiger partial charge in [0.15, 0.2) is 0 Å². The molecule has 0 unspecified atom stereocenters. The van der Waals surface area contributed by atoms with Gasteiger partial charge in [-0.2, -0.15) is 10.4 Å². The van der Waals surface area contributed by atoms with Crippen LogP contribution in [-0.2, 0) is 7.05 Å². The van der Waals surface area contributed by atoms with E-state index in [4.69, 9.17) is 0 Å². The highest BCUT2D eigenvalue weighted by Gasteiger charge is 2.17. The molecule has 0 bridgehead atoms. The topological polar surface area (TPSA) is 61.8 Å². The van der Waals surface area contributed by atoms with Crippen LogP contribution in [0.25, 0.3) is 22.0 Å². The lowest BCUT2D eigenvalue weighted by atomic mass is 9.97. The maximum Gasteiger partial charge on any atom is 0.124 e. The van der Waals surface area contributed by atoms with Gasteiger partial charge in [0, 0.05) is 23.4 Å². The van der Waals surface area contributed by atoms with Gasteiger partial charge in [-0.05, 0) is 28.7 Å². The zero-order chi connectivity index (χ0) is 14.3. The fourth-order valence-corrected chi connectivity index (χ4v) is 3.14. The summed E-state index contributed by atoms with van der Waals surface area (Å²) in [6, 6.07) is 11.3. The van der Waals surface area contributed by atoms with Gasteiger partial charge in [-0.15, -0.1) is 0 Å². The fourth-order valence-electron chi connectivity index (χ4n) is 2.38. The molecule has 0 saturated carbocycles. The minimum atomic E-state index is 0.173. The van der Waals surface area contributed by atoms with Gasteiger partial charge >= 0.3 is 0 Å². The average Bonchev–Trinajstić information content (AvgIpc) is 2.78. The summed E-state index contributed by atoms with van der Waals surface area (Å²) >= 11 is 2.18. The van der Waals surface area contributed by atoms with E-state index in [-0.39, 0.29) is 5.75 Å². The molecule has 0 aliphatic rings. The van der Waals surface area contributed by atoms with Crippen molar-refractivity contribution in [3.05, 3.63) is 45.7 Å². The summed E-state index contributed by atoms with van der Waals surface area (Å²) in [6.07, 6.45) is 1.74. The highest BCUT2D eigenvalue weighted by molar-refractivity contribution is 14.1. The maximum atomic E-state index is 10.2. The van der Waals surface area contributed by atoms with E-state index in [2.05, 4.69) is 33.8 Å². The van der Waals surface area contributed by atoms with E-state index in [1.807, 2.05) is 31.3 Å². The molecule has 0 amide bonds. The molecule has 3 aromatic rings. The van der Waals surface area contributed by atoms with Gasteiger partial charge in [0.2, 0.25) is 0 Å². The second-order valence-electron chi connectivity index (χ2n) is 4.44. The van der Waals surface area contributed by atoms with Gasteiger partial charge in [0.25, 0.3) is 0 Å². The van der Waals surface area contributed by atoms with Crippen molar-refractivity contribution in [3.8, 4) is 23.1 Å². The van der Waals surface area contributed by atoms with Crippen molar-refractivity contribution >= 4 is 33.4 Å². The number of rotatable bonds is 1. The number of aromatic hydroxyl groups is 1. The highest BCUT2D eigenvalue weighted by atomic mass is 127. The van der Waals surface area contributed by atoms with Gasteiger partial charge in [0.1, 0.15) is 11.8 Å². The molecule has 0 aliphatic carbocycles. The molecule has 0 saturated heterocycles. The quantitative estimate of drug-likeness (QED) is 0.663. The van der Waals surface area contributed by atoms with Crippen molar-refractivity contribution < 1.29 is 5.11 Å². The molecule has 1 aromatic heterocycles. The summed E-state index contributed by atoms with van der Waals surface area (Å²) in [5.41, 5.74) is 2.09. The van der Waals surface area contributed by atoms with Crippen molar-refractivity contribution in [2.45, 2.75) is 0 Å². The van der Waals surface area contributed by atoms with Crippen LogP contribution >= 0.6 is 22.6 Å². The summed E-state index contributed by atoms with van der Waals surface area (Å²) in [5, 5.41) is 25.4. The minimum absolute atomic E-state index is 0.173. The van der Waals surface area contributed by atoms with Crippen LogP contribution in [-0.4, -0.2) is 14.9 Å². The van der Waals surface area contributed by atoms with Crippen molar-refractivity contribution in [2.75, 3.05) is 0 Å². The van der Waals surface area contributed by atoms with Gasteiger partial charge in [0.05, 0.1) is 21.0 Å². The van der Waals surface area contributed by atoms with Crippen LogP contribution in [0.1, 0.15) is 5.56 Å². The van der Waals surface area contributed by atoms with Crippen LogP contribution in [0.2, 0.25) is 0 Å². The summed E-state index contributed by atoms with van der Waals surface area (Å²) in [5.74, 6) is 0.173. The lowest BCUT2D eigenvalue weighted by Gasteiger charge is -2.10. The van der Waals surface area contributed by atoms with Gasteiger partial charge in [-0.3, -0.25) is 4.68 Å². The summed E-state index contributed by atoms with van der Waals surface area (Å²) in [6.45, 7) is 0. The lowest BCUT2D eigenvalue weighted by molar-refractivity contribution is 0.482. The van der Waals surface area contributed by atoms with Crippen molar-refractivity contribution in [1.29, 1.82) is 5.26 Å². The van der Waals surface area contributed by atoms with E-state index in [0.29, 0.717) is 16.5 Å². The highest BCUT2D eigenvalue weighted by Crippen LogP contribution is 2.37. The number of phenolic OH excluding ortho intramolecular Hbond substituents is 1. The molecule has 0 radical (unpaired) electrons. The first-order valence-electron chi connectivity index (χ1n) is 5.96. The van der Waals surface area contributed by atoms with Crippen molar-refractivity contribution in [3.63, 3.8) is 0 Å². The third-order valence-corrected chi connectivity index (χ3v) is 4.07. The average molecular weight is 375 g/mol. The first-order chi connectivity index (χ1) is 9.63. The van der Waals surface area contributed by atoms with Crippen LogP contribution in [0.4, 0.5) is 0 Å². The number of phenols is 1. The van der Waals surface area contributed by atoms with E-state index < -0.39 is 0 Å². The van der Waals surface area contributed by atoms with Crippen molar-refractivity contribution in [1.82, 2.24) is 9.78 Å². The minimum Gasteiger partial charge on any atom is -0.507 e. The summed E-state index contributed by atoms with van der Waals surface area (Å²) < 4.78 is 2.66. The van der Waals surface area contributed by atoms with Gasteiger partial charge < -0.3 is 5.11 Å². The molecule has 3 rings (SSSR count). The molecule has 98 valence electrons. The van der Waals surface area contributed by atoms with E-state index in [1.54, 1.807) is 16.9 Å². The Kier molecular flexibility index (Phi) is 3.10. The Morgan fingerprint density at radius 1 is 1.30 bits per heavy atom. The van der Waals surface area contributed by atoms with Crippen LogP contribution < -0.4 is 0 Å². The Balaban J connectivity index is 2.47. The van der Waals surface area contributed by atoms with Crippen LogP contribution in [0.15, 0.2) is 36.5 Å². The van der Waals surface area contributed by atoms with Crippen LogP contribution in [0.5, 0.6) is 5.75 Å². The molecule has 0 fully saturated rings. The monoisotopic (exact) mass is 375 g/mol. The number of nitrogens with zero attached hydrogens (tertiary/aromatic N) is 3. The molecular weight excluding hydrogens is 365 g/mol. The molecule has 1 heterocycles. The second kappa shape index (κ2) is 4.80. The van der Waals surface area contributed by atoms with E-state index in [0.717, 1.165) is 14.7 Å². The van der Waals surface area contributed by atoms with E-state index in [9.17, 15) is 10.4 Å². The van der Waals surface area contributed by atoms with Gasteiger partial charge in [-0.1, -0.05) is 24.3 Å². The van der Waals surface area contributed by atoms with E-state index >= 15 is 0 Å². The molecule has 0 aliphatic heterocycles. The molecule has 0 atom stereocenters. The Morgan fingerprint density at radius 3 is 2.60 bits per heavy atom. The number of fused-ring (bicyclic) bond motifs is 1. The normalized spacial score (nSPS) is 10.7. The predicted octanol–water partition coefficient (Wildman–Crippen LogP) is 3.42. The largest absolute Gasteiger partial charge is 0.507 e. The Hall–Kier alpha value is -2.07. The molecule has 20 heavy (non-hydrogen) atoms. The van der Waals surface area contributed by atoms with Crippen LogP contribution in [0, 0.1) is 14.9 Å². The summed E-state index contributed by atoms with van der Waals surface area (Å²) in [7, 11) is 1.82. The Labute approximate surface area is 129 Å². The number of halogens is 1. The maximum absolute atomic E-state index is 10.2. The van der Waals surface area contributed by atoms with E-state index in [1.165, 1.54) is 0 Å². The molecule has 0 spiro atoms. The predicted molar refractivity (Wildman–Crippen MR) is 85.2 cm³/mol. The number of benzene rings is 2. The number of hydrogen-bond acceptors (Lipinski definition) is 3. The number of aryl methyl sites for hydroxylation is 1. The van der Waals surface area contributed by atoms with Crippen molar-refractivity contribution in [2.24, 2.45) is 7.05 Å². The number of nitriles is 1. The third kappa shape index (κ3) is 1.84. The molecule has 2 aromatic carbocycles. The SMILES string of the molecule is Cn1ncc(I)c1-c1cc(O)c2ccccc2c1C#N. The number of aromatic nitrogens is 2. The number of hydrogen-bond donors (Lipinski definition) is 1. The molecule has 5 heteroatoms.